The Bertz CT molecular complexity index is 1010. The molecule has 0 fully saturated rings. The van der Waals surface area contributed by atoms with Crippen molar-refractivity contribution in [3.63, 3.8) is 0 Å². The molecule has 0 saturated heterocycles. The van der Waals surface area contributed by atoms with E-state index in [1.807, 2.05) is 36.4 Å². The van der Waals surface area contributed by atoms with Gasteiger partial charge >= 0.3 is 0 Å². The average Bonchev–Trinajstić information content (AvgIpc) is 2.69. The Balaban J connectivity index is 0.00000225. The van der Waals surface area contributed by atoms with Crippen LogP contribution in [0.2, 0.25) is 0 Å². The summed E-state index contributed by atoms with van der Waals surface area (Å²) in [5.74, 6) is 0.573. The number of nitrogens with zero attached hydrogens (tertiary/aromatic N) is 2. The molecule has 1 aliphatic heterocycles. The van der Waals surface area contributed by atoms with Crippen molar-refractivity contribution < 1.29 is 4.74 Å². The Morgan fingerprint density at radius 3 is 2.32 bits per heavy atom. The maximum Gasteiger partial charge on any atom is 0.228 e. The highest BCUT2D eigenvalue weighted by Gasteiger charge is 2.17. The molecule has 7 heteroatoms. The van der Waals surface area contributed by atoms with Crippen molar-refractivity contribution in [2.45, 2.75) is 25.5 Å². The van der Waals surface area contributed by atoms with E-state index in [1.165, 1.54) is 17.5 Å². The van der Waals surface area contributed by atoms with Crippen LogP contribution in [0.15, 0.2) is 59.8 Å². The van der Waals surface area contributed by atoms with Crippen LogP contribution in [0, 0.1) is 13.8 Å². The van der Waals surface area contributed by atoms with E-state index < -0.39 is 0 Å². The number of fused-ring (bicyclic) bond motifs is 1. The molecular weight excluding hydrogens is 392 g/mol. The van der Waals surface area contributed by atoms with E-state index in [2.05, 4.69) is 47.1 Å². The average molecular weight is 413 g/mol. The van der Waals surface area contributed by atoms with Crippen LogP contribution in [0.25, 0.3) is 6.08 Å². The van der Waals surface area contributed by atoms with Gasteiger partial charge in [-0.25, -0.2) is 9.97 Å². The van der Waals surface area contributed by atoms with Gasteiger partial charge in [0.2, 0.25) is 5.95 Å². The molecule has 0 radical (unpaired) electrons. The minimum atomic E-state index is 0. The summed E-state index contributed by atoms with van der Waals surface area (Å²) < 4.78 is 8.87. The minimum Gasteiger partial charge on any atom is -0.496 e. The van der Waals surface area contributed by atoms with E-state index in [9.17, 15) is 0 Å². The summed E-state index contributed by atoms with van der Waals surface area (Å²) in [6.07, 6.45) is 3.55. The Labute approximate surface area is 175 Å². The van der Waals surface area contributed by atoms with Gasteiger partial charge in [-0.2, -0.15) is 0 Å². The van der Waals surface area contributed by atoms with Gasteiger partial charge in [-0.15, -0.1) is 12.4 Å². The normalized spacial score (nSPS) is 11.8. The first-order valence-corrected chi connectivity index (χ1v) is 9.52. The second-order valence-electron chi connectivity index (χ2n) is 6.29. The fourth-order valence-electron chi connectivity index (χ4n) is 2.76. The largest absolute Gasteiger partial charge is 0.496 e. The Morgan fingerprint density at radius 1 is 0.929 bits per heavy atom. The third-order valence-corrected chi connectivity index (χ3v) is 5.20. The summed E-state index contributed by atoms with van der Waals surface area (Å²) in [5, 5.41) is 4.18. The molecule has 0 saturated carbocycles. The SMILES string of the molecule is Cc1ccccc1NSc1nc(Nc2ccccc2C)nc2c1COC=C2.Cl. The number of halogens is 1. The van der Waals surface area contributed by atoms with E-state index in [1.54, 1.807) is 6.26 Å². The zero-order valence-electron chi connectivity index (χ0n) is 15.6. The molecular formula is C21H21ClN4OS. The van der Waals surface area contributed by atoms with Crippen molar-refractivity contribution in [1.29, 1.82) is 0 Å². The monoisotopic (exact) mass is 412 g/mol. The highest BCUT2D eigenvalue weighted by Crippen LogP contribution is 2.30. The topological polar surface area (TPSA) is 59.1 Å². The minimum absolute atomic E-state index is 0. The van der Waals surface area contributed by atoms with Gasteiger partial charge in [0.05, 0.1) is 12.0 Å². The summed E-state index contributed by atoms with van der Waals surface area (Å²) in [4.78, 5) is 9.38. The summed E-state index contributed by atoms with van der Waals surface area (Å²) in [5.41, 5.74) is 6.25. The van der Waals surface area contributed by atoms with Gasteiger partial charge in [-0.05, 0) is 43.2 Å². The van der Waals surface area contributed by atoms with Crippen molar-refractivity contribution >= 4 is 47.8 Å². The van der Waals surface area contributed by atoms with E-state index in [4.69, 9.17) is 9.72 Å². The summed E-state index contributed by atoms with van der Waals surface area (Å²) in [7, 11) is 0. The van der Waals surface area contributed by atoms with Crippen LogP contribution >= 0.6 is 24.4 Å². The lowest BCUT2D eigenvalue weighted by Gasteiger charge is -2.17. The Kier molecular flexibility index (Phi) is 6.44. The van der Waals surface area contributed by atoms with Gasteiger partial charge < -0.3 is 14.8 Å². The molecule has 1 aromatic heterocycles. The van der Waals surface area contributed by atoms with Crippen LogP contribution < -0.4 is 10.0 Å². The van der Waals surface area contributed by atoms with E-state index >= 15 is 0 Å². The van der Waals surface area contributed by atoms with Crippen LogP contribution in [-0.4, -0.2) is 9.97 Å². The molecule has 0 bridgehead atoms. The molecule has 144 valence electrons. The van der Waals surface area contributed by atoms with Gasteiger partial charge in [0.1, 0.15) is 11.6 Å². The summed E-state index contributed by atoms with van der Waals surface area (Å²) >= 11 is 1.48. The molecule has 1 aliphatic rings. The summed E-state index contributed by atoms with van der Waals surface area (Å²) in [6, 6.07) is 16.3. The highest BCUT2D eigenvalue weighted by molar-refractivity contribution is 8.00. The molecule has 2 N–H and O–H groups in total. The molecule has 4 rings (SSSR count). The molecule has 0 unspecified atom stereocenters. The van der Waals surface area contributed by atoms with Crippen molar-refractivity contribution in [2.24, 2.45) is 0 Å². The predicted octanol–water partition coefficient (Wildman–Crippen LogP) is 5.88. The van der Waals surface area contributed by atoms with Gasteiger partial charge in [-0.3, -0.25) is 0 Å². The second-order valence-corrected chi connectivity index (χ2v) is 7.08. The van der Waals surface area contributed by atoms with Crippen molar-refractivity contribution in [3.8, 4) is 0 Å². The van der Waals surface area contributed by atoms with E-state index in [-0.39, 0.29) is 12.4 Å². The van der Waals surface area contributed by atoms with Gasteiger partial charge in [0.15, 0.2) is 0 Å². The first-order valence-electron chi connectivity index (χ1n) is 8.71. The quantitative estimate of drug-likeness (QED) is 0.403. The predicted molar refractivity (Wildman–Crippen MR) is 118 cm³/mol. The van der Waals surface area contributed by atoms with Crippen molar-refractivity contribution in [3.05, 3.63) is 77.2 Å². The van der Waals surface area contributed by atoms with Crippen LogP contribution in [0.1, 0.15) is 22.4 Å². The number of benzene rings is 2. The molecule has 3 aromatic rings. The number of hydrogen-bond donors (Lipinski definition) is 2. The number of aromatic nitrogens is 2. The number of anilines is 3. The molecule has 2 heterocycles. The lowest BCUT2D eigenvalue weighted by atomic mass is 10.2. The van der Waals surface area contributed by atoms with E-state index in [0.29, 0.717) is 12.6 Å². The first-order chi connectivity index (χ1) is 13.2. The molecule has 2 aromatic carbocycles. The van der Waals surface area contributed by atoms with Crippen LogP contribution in [0.3, 0.4) is 0 Å². The van der Waals surface area contributed by atoms with Crippen molar-refractivity contribution in [2.75, 3.05) is 10.0 Å². The Hall–Kier alpha value is -2.70. The van der Waals surface area contributed by atoms with Crippen LogP contribution in [0.4, 0.5) is 17.3 Å². The standard InChI is InChI=1S/C21H20N4OS.ClH/c1-14-7-3-5-9-17(14)22-21-23-19-11-12-26-13-16(19)20(24-21)27-25-18-10-6-4-8-15(18)2;/h3-12,25H,13H2,1-2H3,(H,22,23,24);1H. The van der Waals surface area contributed by atoms with Crippen LogP contribution in [0.5, 0.6) is 0 Å². The zero-order chi connectivity index (χ0) is 18.6. The number of ether oxygens (including phenoxy) is 1. The van der Waals surface area contributed by atoms with Gasteiger partial charge in [0.25, 0.3) is 0 Å². The van der Waals surface area contributed by atoms with Crippen LogP contribution in [-0.2, 0) is 11.3 Å². The highest BCUT2D eigenvalue weighted by atomic mass is 35.5. The molecule has 0 amide bonds. The lowest BCUT2D eigenvalue weighted by molar-refractivity contribution is 0.230. The number of nitrogens with one attached hydrogen (secondary N) is 2. The van der Waals surface area contributed by atoms with Gasteiger partial charge in [0, 0.05) is 28.9 Å². The van der Waals surface area contributed by atoms with Crippen molar-refractivity contribution in [1.82, 2.24) is 9.97 Å². The maximum absolute atomic E-state index is 5.47. The lowest BCUT2D eigenvalue weighted by Crippen LogP contribution is -2.09. The second kappa shape index (κ2) is 8.99. The maximum atomic E-state index is 5.47. The third kappa shape index (κ3) is 4.40. The molecule has 0 aliphatic carbocycles. The number of rotatable bonds is 5. The van der Waals surface area contributed by atoms with Gasteiger partial charge in [-0.1, -0.05) is 36.4 Å². The fraction of sp³-hybridized carbons (Fsp3) is 0.143. The third-order valence-electron chi connectivity index (χ3n) is 4.35. The molecule has 5 nitrogen and oxygen atoms in total. The zero-order valence-corrected chi connectivity index (χ0v) is 17.2. The smallest absolute Gasteiger partial charge is 0.228 e. The Morgan fingerprint density at radius 2 is 1.61 bits per heavy atom. The number of hydrogen-bond acceptors (Lipinski definition) is 6. The molecule has 0 spiro atoms. The molecule has 0 atom stereocenters. The fourth-order valence-corrected chi connectivity index (χ4v) is 3.62. The summed E-state index contributed by atoms with van der Waals surface area (Å²) in [6.45, 7) is 4.60. The molecule has 28 heavy (non-hydrogen) atoms. The number of para-hydroxylation sites is 2. The number of aryl methyl sites for hydroxylation is 2. The first kappa shape index (κ1) is 20.0. The van der Waals surface area contributed by atoms with E-state index in [0.717, 1.165) is 33.2 Å².